The van der Waals surface area contributed by atoms with Crippen LogP contribution in [0.15, 0.2) is 36.5 Å². The summed E-state index contributed by atoms with van der Waals surface area (Å²) >= 11 is 0. The van der Waals surface area contributed by atoms with Crippen LogP contribution in [0, 0.1) is 0 Å². The van der Waals surface area contributed by atoms with Crippen molar-refractivity contribution in [3.63, 3.8) is 0 Å². The minimum atomic E-state index is -0.0642. The smallest absolute Gasteiger partial charge is 0.251 e. The number of benzene rings is 1. The Hall–Kier alpha value is -2.67. The molecular formula is C19H24N6O. The molecule has 0 spiro atoms. The number of nitrogens with zero attached hydrogens (tertiary/aromatic N) is 3. The molecule has 3 N–H and O–H groups in total. The van der Waals surface area contributed by atoms with Gasteiger partial charge in [0.25, 0.3) is 5.91 Å². The molecular weight excluding hydrogens is 328 g/mol. The van der Waals surface area contributed by atoms with Crippen LogP contribution in [-0.4, -0.2) is 47.6 Å². The van der Waals surface area contributed by atoms with Gasteiger partial charge in [-0.05, 0) is 50.1 Å². The molecule has 7 heteroatoms. The third kappa shape index (κ3) is 3.62. The third-order valence-electron chi connectivity index (χ3n) is 4.92. The van der Waals surface area contributed by atoms with Crippen molar-refractivity contribution in [1.29, 1.82) is 0 Å². The van der Waals surface area contributed by atoms with Gasteiger partial charge in [-0.25, -0.2) is 4.98 Å². The highest BCUT2D eigenvalue weighted by molar-refractivity contribution is 5.94. The van der Waals surface area contributed by atoms with Gasteiger partial charge in [0.05, 0.1) is 0 Å². The average Bonchev–Trinajstić information content (AvgIpc) is 3.00. The number of amides is 1. The fourth-order valence-electron chi connectivity index (χ4n) is 3.67. The van der Waals surface area contributed by atoms with Crippen molar-refractivity contribution >= 4 is 23.4 Å². The molecule has 2 saturated heterocycles. The number of hydrogen-bond donors (Lipinski definition) is 3. The van der Waals surface area contributed by atoms with Gasteiger partial charge < -0.3 is 20.9 Å². The molecule has 0 radical (unpaired) electrons. The Morgan fingerprint density at radius 3 is 2.62 bits per heavy atom. The fraction of sp³-hybridized carbons (Fsp3) is 0.421. The summed E-state index contributed by atoms with van der Waals surface area (Å²) in [5.74, 6) is 1.46. The molecule has 0 aliphatic carbocycles. The maximum absolute atomic E-state index is 11.8. The van der Waals surface area contributed by atoms with E-state index in [9.17, 15) is 4.79 Å². The number of piperazine rings is 1. The Morgan fingerprint density at radius 2 is 1.92 bits per heavy atom. The normalized spacial score (nSPS) is 21.5. The van der Waals surface area contributed by atoms with Gasteiger partial charge in [-0.3, -0.25) is 4.79 Å². The quantitative estimate of drug-likeness (QED) is 0.763. The van der Waals surface area contributed by atoms with Crippen LogP contribution in [0.2, 0.25) is 0 Å². The standard InChI is InChI=1S/C19H24N6O/c1-2-20-18(26)13-3-5-14(6-4-13)23-19-21-10-9-17(24-19)25-11-15-7-8-16(12-25)22-15/h3-6,9-10,15-16,22H,2,7-8,11-12H2,1H3,(H,20,26)(H,21,23,24)/t15-,16+. The lowest BCUT2D eigenvalue weighted by Gasteiger charge is -2.33. The monoisotopic (exact) mass is 352 g/mol. The van der Waals surface area contributed by atoms with E-state index in [4.69, 9.17) is 0 Å². The first-order valence-electron chi connectivity index (χ1n) is 9.20. The molecule has 0 unspecified atom stereocenters. The van der Waals surface area contributed by atoms with Crippen molar-refractivity contribution in [2.45, 2.75) is 31.8 Å². The molecule has 2 fully saturated rings. The van der Waals surface area contributed by atoms with Crippen LogP contribution in [-0.2, 0) is 0 Å². The Kier molecular flexibility index (Phi) is 4.71. The number of carbonyl (C=O) groups excluding carboxylic acids is 1. The van der Waals surface area contributed by atoms with Crippen molar-refractivity contribution in [1.82, 2.24) is 20.6 Å². The molecule has 0 saturated carbocycles. The van der Waals surface area contributed by atoms with Gasteiger partial charge in [-0.2, -0.15) is 4.98 Å². The van der Waals surface area contributed by atoms with E-state index in [-0.39, 0.29) is 5.91 Å². The van der Waals surface area contributed by atoms with E-state index < -0.39 is 0 Å². The molecule has 3 heterocycles. The van der Waals surface area contributed by atoms with E-state index in [1.165, 1.54) is 12.8 Å². The number of nitrogens with one attached hydrogen (secondary N) is 3. The van der Waals surface area contributed by atoms with Crippen LogP contribution in [0.25, 0.3) is 0 Å². The highest BCUT2D eigenvalue weighted by Gasteiger charge is 2.32. The second-order valence-electron chi connectivity index (χ2n) is 6.84. The van der Waals surface area contributed by atoms with Crippen LogP contribution in [0.5, 0.6) is 0 Å². The van der Waals surface area contributed by atoms with Crippen LogP contribution in [0.1, 0.15) is 30.1 Å². The number of rotatable bonds is 5. The molecule has 1 aromatic heterocycles. The predicted molar refractivity (Wildman–Crippen MR) is 102 cm³/mol. The van der Waals surface area contributed by atoms with Crippen LogP contribution < -0.4 is 20.9 Å². The van der Waals surface area contributed by atoms with Crippen molar-refractivity contribution in [3.05, 3.63) is 42.1 Å². The SMILES string of the molecule is CCNC(=O)c1ccc(Nc2nccc(N3C[C@H]4CC[C@@H](C3)N4)n2)cc1. The molecule has 136 valence electrons. The van der Waals surface area contributed by atoms with Gasteiger partial charge in [-0.15, -0.1) is 0 Å². The summed E-state index contributed by atoms with van der Waals surface area (Å²) in [5, 5.41) is 9.65. The topological polar surface area (TPSA) is 82.2 Å². The molecule has 26 heavy (non-hydrogen) atoms. The first kappa shape index (κ1) is 16.8. The Morgan fingerprint density at radius 1 is 1.19 bits per heavy atom. The fourth-order valence-corrected chi connectivity index (χ4v) is 3.67. The van der Waals surface area contributed by atoms with Gasteiger partial charge in [-0.1, -0.05) is 0 Å². The maximum Gasteiger partial charge on any atom is 0.251 e. The van der Waals surface area contributed by atoms with Crippen LogP contribution in [0.3, 0.4) is 0 Å². The highest BCUT2D eigenvalue weighted by atomic mass is 16.1. The van der Waals surface area contributed by atoms with E-state index in [1.807, 2.05) is 25.1 Å². The minimum absolute atomic E-state index is 0.0642. The molecule has 4 rings (SSSR count). The second kappa shape index (κ2) is 7.29. The largest absolute Gasteiger partial charge is 0.353 e. The summed E-state index contributed by atoms with van der Waals surface area (Å²) in [6.07, 6.45) is 4.28. The first-order chi connectivity index (χ1) is 12.7. The lowest BCUT2D eigenvalue weighted by molar-refractivity contribution is 0.0956. The van der Waals surface area contributed by atoms with Crippen molar-refractivity contribution in [2.75, 3.05) is 29.9 Å². The lowest BCUT2D eigenvalue weighted by Crippen LogP contribution is -2.51. The van der Waals surface area contributed by atoms with E-state index in [2.05, 4.69) is 30.8 Å². The van der Waals surface area contributed by atoms with E-state index in [0.717, 1.165) is 24.6 Å². The van der Waals surface area contributed by atoms with Gasteiger partial charge in [0.15, 0.2) is 0 Å². The van der Waals surface area contributed by atoms with Gasteiger partial charge in [0, 0.05) is 49.2 Å². The number of carbonyl (C=O) groups is 1. The second-order valence-corrected chi connectivity index (χ2v) is 6.84. The predicted octanol–water partition coefficient (Wildman–Crippen LogP) is 1.91. The first-order valence-corrected chi connectivity index (χ1v) is 9.20. The van der Waals surface area contributed by atoms with E-state index >= 15 is 0 Å². The van der Waals surface area contributed by atoms with Crippen molar-refractivity contribution < 1.29 is 4.79 Å². The van der Waals surface area contributed by atoms with E-state index in [1.54, 1.807) is 18.3 Å². The zero-order valence-electron chi connectivity index (χ0n) is 14.9. The summed E-state index contributed by atoms with van der Waals surface area (Å²) in [4.78, 5) is 23.2. The maximum atomic E-state index is 11.8. The van der Waals surface area contributed by atoms with Crippen LogP contribution >= 0.6 is 0 Å². The summed E-state index contributed by atoms with van der Waals surface area (Å²) in [6.45, 7) is 4.51. The molecule has 2 aliphatic heterocycles. The molecule has 2 aliphatic rings. The molecule has 7 nitrogen and oxygen atoms in total. The molecule has 1 aromatic carbocycles. The molecule has 2 aromatic rings. The number of aromatic nitrogens is 2. The van der Waals surface area contributed by atoms with Gasteiger partial charge in [0.1, 0.15) is 5.82 Å². The average molecular weight is 352 g/mol. The minimum Gasteiger partial charge on any atom is -0.353 e. The highest BCUT2D eigenvalue weighted by Crippen LogP contribution is 2.24. The lowest BCUT2D eigenvalue weighted by atomic mass is 10.2. The Labute approximate surface area is 153 Å². The molecule has 2 bridgehead atoms. The number of anilines is 3. The number of hydrogen-bond acceptors (Lipinski definition) is 6. The summed E-state index contributed by atoms with van der Waals surface area (Å²) in [5.41, 5.74) is 1.50. The summed E-state index contributed by atoms with van der Waals surface area (Å²) in [7, 11) is 0. The number of fused-ring (bicyclic) bond motifs is 2. The third-order valence-corrected chi connectivity index (χ3v) is 4.92. The Balaban J connectivity index is 1.44. The van der Waals surface area contributed by atoms with Gasteiger partial charge >= 0.3 is 0 Å². The van der Waals surface area contributed by atoms with Gasteiger partial charge in [0.2, 0.25) is 5.95 Å². The molecule has 1 amide bonds. The summed E-state index contributed by atoms with van der Waals surface area (Å²) in [6, 6.07) is 10.4. The molecule has 2 atom stereocenters. The van der Waals surface area contributed by atoms with Crippen molar-refractivity contribution in [2.24, 2.45) is 0 Å². The zero-order chi connectivity index (χ0) is 17.9. The Bertz CT molecular complexity index is 766. The summed E-state index contributed by atoms with van der Waals surface area (Å²) < 4.78 is 0. The van der Waals surface area contributed by atoms with Crippen LogP contribution in [0.4, 0.5) is 17.5 Å². The van der Waals surface area contributed by atoms with Crippen molar-refractivity contribution in [3.8, 4) is 0 Å². The zero-order valence-corrected chi connectivity index (χ0v) is 14.9. The van der Waals surface area contributed by atoms with E-state index in [0.29, 0.717) is 30.1 Å².